The van der Waals surface area contributed by atoms with Gasteiger partial charge in [0.2, 0.25) is 0 Å². The molecule has 0 aliphatic heterocycles. The fraction of sp³-hybridized carbons (Fsp3) is 0.400. The highest BCUT2D eigenvalue weighted by Crippen LogP contribution is 2.25. The standard InChI is InChI=1S/C10H14O2/c1-3-8(2)12-10-7-5-4-6-9(10)11/h4-8,11H,3H2,1-2H3. The summed E-state index contributed by atoms with van der Waals surface area (Å²) in [6, 6.07) is 7.01. The van der Waals surface area contributed by atoms with Gasteiger partial charge in [-0.1, -0.05) is 19.1 Å². The molecule has 0 bridgehead atoms. The molecule has 1 rings (SSSR count). The first-order valence-corrected chi connectivity index (χ1v) is 4.18. The molecule has 0 saturated heterocycles. The van der Waals surface area contributed by atoms with Gasteiger partial charge in [-0.2, -0.15) is 0 Å². The number of aromatic hydroxyl groups is 1. The third kappa shape index (κ3) is 2.16. The maximum atomic E-state index is 9.33. The number of hydrogen-bond donors (Lipinski definition) is 1. The molecule has 0 radical (unpaired) electrons. The molecule has 0 fully saturated rings. The van der Waals surface area contributed by atoms with Crippen molar-refractivity contribution in [3.8, 4) is 11.5 Å². The van der Waals surface area contributed by atoms with Gasteiger partial charge in [0.15, 0.2) is 11.5 Å². The quantitative estimate of drug-likeness (QED) is 0.747. The van der Waals surface area contributed by atoms with Crippen LogP contribution in [0, 0.1) is 0 Å². The van der Waals surface area contributed by atoms with Crippen molar-refractivity contribution in [1.82, 2.24) is 0 Å². The molecular weight excluding hydrogens is 152 g/mol. The van der Waals surface area contributed by atoms with Crippen molar-refractivity contribution in [1.29, 1.82) is 0 Å². The molecule has 0 aliphatic carbocycles. The number of phenolic OH excluding ortho intramolecular Hbond substituents is 1. The largest absolute Gasteiger partial charge is 0.504 e. The second-order valence-electron chi connectivity index (χ2n) is 2.80. The summed E-state index contributed by atoms with van der Waals surface area (Å²) in [7, 11) is 0. The topological polar surface area (TPSA) is 29.5 Å². The molecule has 2 heteroatoms. The van der Waals surface area contributed by atoms with E-state index in [1.54, 1.807) is 18.2 Å². The minimum Gasteiger partial charge on any atom is -0.504 e. The molecule has 0 amide bonds. The second-order valence-corrected chi connectivity index (χ2v) is 2.80. The lowest BCUT2D eigenvalue weighted by Crippen LogP contribution is -2.09. The monoisotopic (exact) mass is 166 g/mol. The van der Waals surface area contributed by atoms with Gasteiger partial charge in [-0.15, -0.1) is 0 Å². The Morgan fingerprint density at radius 3 is 2.67 bits per heavy atom. The van der Waals surface area contributed by atoms with Crippen LogP contribution < -0.4 is 4.74 Å². The van der Waals surface area contributed by atoms with Gasteiger partial charge in [0.1, 0.15) is 0 Å². The SMILES string of the molecule is CCC(C)Oc1ccccc1O. The van der Waals surface area contributed by atoms with Crippen molar-refractivity contribution >= 4 is 0 Å². The lowest BCUT2D eigenvalue weighted by atomic mass is 10.3. The fourth-order valence-electron chi connectivity index (χ4n) is 0.857. The molecule has 66 valence electrons. The Labute approximate surface area is 72.8 Å². The van der Waals surface area contributed by atoms with Crippen LogP contribution >= 0.6 is 0 Å². The zero-order valence-electron chi connectivity index (χ0n) is 7.45. The average molecular weight is 166 g/mol. The maximum absolute atomic E-state index is 9.33. The molecule has 0 spiro atoms. The molecule has 0 aliphatic rings. The number of benzene rings is 1. The van der Waals surface area contributed by atoms with E-state index in [1.165, 1.54) is 0 Å². The molecule has 0 heterocycles. The van der Waals surface area contributed by atoms with E-state index in [9.17, 15) is 5.11 Å². The van der Waals surface area contributed by atoms with E-state index < -0.39 is 0 Å². The fourth-order valence-corrected chi connectivity index (χ4v) is 0.857. The van der Waals surface area contributed by atoms with Gasteiger partial charge in [-0.3, -0.25) is 0 Å². The van der Waals surface area contributed by atoms with Gasteiger partial charge < -0.3 is 9.84 Å². The average Bonchev–Trinajstić information content (AvgIpc) is 2.09. The van der Waals surface area contributed by atoms with Gasteiger partial charge in [0, 0.05) is 0 Å². The Hall–Kier alpha value is -1.18. The highest BCUT2D eigenvalue weighted by molar-refractivity contribution is 5.37. The number of ether oxygens (including phenoxy) is 1. The zero-order chi connectivity index (χ0) is 8.97. The van der Waals surface area contributed by atoms with Crippen LogP contribution in [0.4, 0.5) is 0 Å². The van der Waals surface area contributed by atoms with E-state index in [2.05, 4.69) is 0 Å². The lowest BCUT2D eigenvalue weighted by Gasteiger charge is -2.12. The highest BCUT2D eigenvalue weighted by Gasteiger charge is 2.03. The van der Waals surface area contributed by atoms with E-state index in [0.717, 1.165) is 6.42 Å². The van der Waals surface area contributed by atoms with Crippen molar-refractivity contribution < 1.29 is 9.84 Å². The van der Waals surface area contributed by atoms with E-state index in [-0.39, 0.29) is 11.9 Å². The first kappa shape index (κ1) is 8.91. The summed E-state index contributed by atoms with van der Waals surface area (Å²) in [5.74, 6) is 0.768. The van der Waals surface area contributed by atoms with Gasteiger partial charge in [0.05, 0.1) is 6.10 Å². The highest BCUT2D eigenvalue weighted by atomic mass is 16.5. The molecule has 0 saturated carbocycles. The van der Waals surface area contributed by atoms with Crippen LogP contribution in [-0.4, -0.2) is 11.2 Å². The molecular formula is C10H14O2. The molecule has 1 unspecified atom stereocenters. The third-order valence-electron chi connectivity index (χ3n) is 1.77. The summed E-state index contributed by atoms with van der Waals surface area (Å²) in [6.45, 7) is 4.02. The van der Waals surface area contributed by atoms with Crippen LogP contribution in [0.1, 0.15) is 20.3 Å². The van der Waals surface area contributed by atoms with Crippen LogP contribution in [-0.2, 0) is 0 Å². The van der Waals surface area contributed by atoms with Crippen LogP contribution in [0.3, 0.4) is 0 Å². The molecule has 1 aromatic rings. The summed E-state index contributed by atoms with van der Waals surface area (Å²) in [4.78, 5) is 0. The third-order valence-corrected chi connectivity index (χ3v) is 1.77. The summed E-state index contributed by atoms with van der Waals surface area (Å²) < 4.78 is 5.44. The van der Waals surface area contributed by atoms with Crippen molar-refractivity contribution in [2.75, 3.05) is 0 Å². The van der Waals surface area contributed by atoms with Crippen molar-refractivity contribution in [3.05, 3.63) is 24.3 Å². The summed E-state index contributed by atoms with van der Waals surface area (Å²) in [5.41, 5.74) is 0. The second kappa shape index (κ2) is 4.00. The van der Waals surface area contributed by atoms with Crippen LogP contribution in [0.2, 0.25) is 0 Å². The maximum Gasteiger partial charge on any atom is 0.161 e. The number of rotatable bonds is 3. The van der Waals surface area contributed by atoms with Crippen LogP contribution in [0.5, 0.6) is 11.5 Å². The first-order chi connectivity index (χ1) is 5.74. The van der Waals surface area contributed by atoms with Crippen LogP contribution in [0.25, 0.3) is 0 Å². The molecule has 1 aromatic carbocycles. The minimum atomic E-state index is 0.151. The molecule has 2 nitrogen and oxygen atoms in total. The van der Waals surface area contributed by atoms with Crippen molar-refractivity contribution in [2.24, 2.45) is 0 Å². The Balaban J connectivity index is 2.69. The van der Waals surface area contributed by atoms with Gasteiger partial charge in [0.25, 0.3) is 0 Å². The molecule has 0 aromatic heterocycles. The minimum absolute atomic E-state index is 0.151. The van der Waals surface area contributed by atoms with Crippen molar-refractivity contribution in [3.63, 3.8) is 0 Å². The number of hydrogen-bond acceptors (Lipinski definition) is 2. The van der Waals surface area contributed by atoms with Crippen molar-refractivity contribution in [2.45, 2.75) is 26.4 Å². The van der Waals surface area contributed by atoms with Gasteiger partial charge in [-0.25, -0.2) is 0 Å². The first-order valence-electron chi connectivity index (χ1n) is 4.18. The van der Waals surface area contributed by atoms with E-state index in [0.29, 0.717) is 5.75 Å². The Bertz CT molecular complexity index is 245. The van der Waals surface area contributed by atoms with E-state index >= 15 is 0 Å². The predicted molar refractivity (Wildman–Crippen MR) is 48.5 cm³/mol. The Morgan fingerprint density at radius 2 is 2.08 bits per heavy atom. The lowest BCUT2D eigenvalue weighted by molar-refractivity contribution is 0.209. The molecule has 12 heavy (non-hydrogen) atoms. The number of para-hydroxylation sites is 2. The van der Waals surface area contributed by atoms with Crippen LogP contribution in [0.15, 0.2) is 24.3 Å². The summed E-state index contributed by atoms with van der Waals surface area (Å²) >= 11 is 0. The number of phenols is 1. The summed E-state index contributed by atoms with van der Waals surface area (Å²) in [6.07, 6.45) is 1.09. The normalized spacial score (nSPS) is 12.5. The smallest absolute Gasteiger partial charge is 0.161 e. The summed E-state index contributed by atoms with van der Waals surface area (Å²) in [5, 5.41) is 9.33. The molecule has 1 N–H and O–H groups in total. The zero-order valence-corrected chi connectivity index (χ0v) is 7.45. The predicted octanol–water partition coefficient (Wildman–Crippen LogP) is 2.57. The molecule has 1 atom stereocenters. The van der Waals surface area contributed by atoms with Gasteiger partial charge >= 0.3 is 0 Å². The van der Waals surface area contributed by atoms with E-state index in [1.807, 2.05) is 19.9 Å². The van der Waals surface area contributed by atoms with E-state index in [4.69, 9.17) is 4.74 Å². The van der Waals surface area contributed by atoms with Gasteiger partial charge in [-0.05, 0) is 25.5 Å². The Morgan fingerprint density at radius 1 is 1.42 bits per heavy atom. The Kier molecular flexibility index (Phi) is 2.97.